The minimum Gasteiger partial charge on any atom is -0.307 e. The van der Waals surface area contributed by atoms with Gasteiger partial charge in [-0.05, 0) is 117 Å². The van der Waals surface area contributed by atoms with E-state index in [0.717, 1.165) is 31.2 Å². The summed E-state index contributed by atoms with van der Waals surface area (Å²) in [6.07, 6.45) is 3.22. The molecule has 1 aromatic rings. The molecule has 2 fully saturated rings. The smallest absolute Gasteiger partial charge is 0.162 e. The summed E-state index contributed by atoms with van der Waals surface area (Å²) >= 11 is 0. The molecule has 2 saturated heterocycles. The van der Waals surface area contributed by atoms with E-state index in [1.807, 2.05) is 13.0 Å². The Balaban J connectivity index is 2.01. The Morgan fingerprint density at radius 2 is 1.07 bits per heavy atom. The molecule has 0 bridgehead atoms. The molecular weight excluding hydrogens is 366 g/mol. The summed E-state index contributed by atoms with van der Waals surface area (Å²) < 4.78 is 31.0. The first kappa shape index (κ1) is 22.7. The molecule has 29 heavy (non-hydrogen) atoms. The lowest BCUT2D eigenvalue weighted by Crippen LogP contribution is -2.57. The van der Waals surface area contributed by atoms with Gasteiger partial charge < -0.3 is 10.6 Å². The first-order chi connectivity index (χ1) is 13.0. The van der Waals surface area contributed by atoms with Crippen LogP contribution in [0.25, 0.3) is 0 Å². The van der Waals surface area contributed by atoms with Crippen molar-refractivity contribution in [3.63, 3.8) is 0 Å². The van der Waals surface area contributed by atoms with Crippen molar-refractivity contribution in [1.82, 2.24) is 10.6 Å². The van der Waals surface area contributed by atoms with Crippen LogP contribution in [-0.2, 0) is 0 Å². The molecule has 0 aromatic heterocycles. The summed E-state index contributed by atoms with van der Waals surface area (Å²) in [4.78, 5) is 0. The van der Waals surface area contributed by atoms with Crippen molar-refractivity contribution in [3.8, 4) is 0 Å². The molecule has 2 aliphatic rings. The van der Waals surface area contributed by atoms with Gasteiger partial charge in [0.15, 0.2) is 11.6 Å². The SMILES string of the molecule is Cc1cc(C2CC(C)(C)NC(C)(C)C2)c(F)c(F)c1C1CC(C)(C)NC(C)(C)C1. The highest BCUT2D eigenvalue weighted by Crippen LogP contribution is 2.45. The minimum absolute atomic E-state index is 0.0180. The predicted octanol–water partition coefficient (Wildman–Crippen LogP) is 6.32. The first-order valence-electron chi connectivity index (χ1n) is 11.1. The summed E-state index contributed by atoms with van der Waals surface area (Å²) in [5.41, 5.74) is 1.61. The Hall–Kier alpha value is -1.00. The molecular formula is C25H40F2N2. The van der Waals surface area contributed by atoms with Crippen LogP contribution in [0.3, 0.4) is 0 Å². The van der Waals surface area contributed by atoms with Gasteiger partial charge in [0.1, 0.15) is 0 Å². The average Bonchev–Trinajstić information content (AvgIpc) is 2.44. The monoisotopic (exact) mass is 406 g/mol. The number of piperidine rings is 2. The maximum absolute atomic E-state index is 15.5. The van der Waals surface area contributed by atoms with Crippen LogP contribution in [0.4, 0.5) is 8.78 Å². The van der Waals surface area contributed by atoms with Crippen molar-refractivity contribution in [2.75, 3.05) is 0 Å². The van der Waals surface area contributed by atoms with E-state index in [4.69, 9.17) is 0 Å². The molecule has 0 atom stereocenters. The van der Waals surface area contributed by atoms with Crippen molar-refractivity contribution in [1.29, 1.82) is 0 Å². The number of rotatable bonds is 2. The number of aryl methyl sites for hydroxylation is 1. The molecule has 4 heteroatoms. The Morgan fingerprint density at radius 3 is 1.48 bits per heavy atom. The van der Waals surface area contributed by atoms with E-state index in [-0.39, 0.29) is 34.0 Å². The van der Waals surface area contributed by atoms with Gasteiger partial charge in [0.05, 0.1) is 0 Å². The number of halogens is 2. The second-order valence-corrected chi connectivity index (χ2v) is 12.3. The van der Waals surface area contributed by atoms with E-state index >= 15 is 8.78 Å². The maximum Gasteiger partial charge on any atom is 0.162 e. The molecule has 0 aliphatic carbocycles. The Morgan fingerprint density at radius 1 is 0.690 bits per heavy atom. The minimum atomic E-state index is -0.627. The van der Waals surface area contributed by atoms with E-state index < -0.39 is 11.6 Å². The highest BCUT2D eigenvalue weighted by atomic mass is 19.2. The van der Waals surface area contributed by atoms with Gasteiger partial charge in [-0.3, -0.25) is 0 Å². The van der Waals surface area contributed by atoms with Crippen LogP contribution in [0.1, 0.15) is 110 Å². The van der Waals surface area contributed by atoms with Gasteiger partial charge in [-0.1, -0.05) is 6.07 Å². The molecule has 0 saturated carbocycles. The summed E-state index contributed by atoms with van der Waals surface area (Å²) in [5.74, 6) is -1.21. The Bertz CT molecular complexity index is 761. The van der Waals surface area contributed by atoms with Gasteiger partial charge in [0.2, 0.25) is 0 Å². The standard InChI is InChI=1S/C25H40F2N2/c1-15-10-18(16-11-22(2,3)28-23(4,5)12-16)20(26)21(27)19(15)17-13-24(6,7)29-25(8,9)14-17/h10,16-17,28-29H,11-14H2,1-9H3. The summed E-state index contributed by atoms with van der Waals surface area (Å²) in [6, 6.07) is 1.94. The van der Waals surface area contributed by atoms with Crippen LogP contribution in [-0.4, -0.2) is 22.2 Å². The van der Waals surface area contributed by atoms with Gasteiger partial charge in [0.25, 0.3) is 0 Å². The zero-order valence-corrected chi connectivity index (χ0v) is 19.8. The Kier molecular flexibility index (Phi) is 5.49. The molecule has 0 spiro atoms. The summed E-state index contributed by atoms with van der Waals surface area (Å²) in [6.45, 7) is 19.2. The number of nitrogens with one attached hydrogen (secondary N) is 2. The molecule has 2 heterocycles. The third-order valence-electron chi connectivity index (χ3n) is 6.71. The maximum atomic E-state index is 15.5. The van der Waals surface area contributed by atoms with E-state index in [2.05, 4.69) is 66.0 Å². The predicted molar refractivity (Wildman–Crippen MR) is 118 cm³/mol. The van der Waals surface area contributed by atoms with Crippen LogP contribution < -0.4 is 10.6 Å². The molecule has 164 valence electrons. The summed E-state index contributed by atoms with van der Waals surface area (Å²) in [7, 11) is 0. The van der Waals surface area contributed by atoms with Crippen LogP contribution in [0.15, 0.2) is 6.07 Å². The molecule has 2 N–H and O–H groups in total. The zero-order valence-electron chi connectivity index (χ0n) is 19.8. The van der Waals surface area contributed by atoms with E-state index in [9.17, 15) is 0 Å². The normalized spacial score (nSPS) is 26.4. The highest BCUT2D eigenvalue weighted by Gasteiger charge is 2.42. The molecule has 2 nitrogen and oxygen atoms in total. The third kappa shape index (κ3) is 4.85. The fourth-order valence-electron chi connectivity index (χ4n) is 6.66. The summed E-state index contributed by atoms with van der Waals surface area (Å²) in [5, 5.41) is 7.28. The fourth-order valence-corrected chi connectivity index (χ4v) is 6.66. The molecule has 0 radical (unpaired) electrons. The van der Waals surface area contributed by atoms with E-state index in [0.29, 0.717) is 11.1 Å². The van der Waals surface area contributed by atoms with Gasteiger partial charge >= 0.3 is 0 Å². The number of hydrogen-bond donors (Lipinski definition) is 2. The second kappa shape index (κ2) is 7.02. The second-order valence-electron chi connectivity index (χ2n) is 12.3. The van der Waals surface area contributed by atoms with Gasteiger partial charge in [-0.15, -0.1) is 0 Å². The third-order valence-corrected chi connectivity index (χ3v) is 6.71. The largest absolute Gasteiger partial charge is 0.307 e. The van der Waals surface area contributed by atoms with Gasteiger partial charge in [0, 0.05) is 22.2 Å². The molecule has 2 aliphatic heterocycles. The fraction of sp³-hybridized carbons (Fsp3) is 0.760. The van der Waals surface area contributed by atoms with Crippen LogP contribution in [0.5, 0.6) is 0 Å². The van der Waals surface area contributed by atoms with Gasteiger partial charge in [-0.25, -0.2) is 8.78 Å². The Labute approximate surface area is 176 Å². The lowest BCUT2D eigenvalue weighted by atomic mass is 9.70. The topological polar surface area (TPSA) is 24.1 Å². The average molecular weight is 407 g/mol. The molecule has 0 unspecified atom stereocenters. The van der Waals surface area contributed by atoms with Crippen molar-refractivity contribution < 1.29 is 8.78 Å². The van der Waals surface area contributed by atoms with Crippen molar-refractivity contribution in [2.45, 2.75) is 122 Å². The van der Waals surface area contributed by atoms with E-state index in [1.165, 1.54) is 0 Å². The van der Waals surface area contributed by atoms with Crippen molar-refractivity contribution >= 4 is 0 Å². The van der Waals surface area contributed by atoms with Crippen LogP contribution in [0, 0.1) is 18.6 Å². The van der Waals surface area contributed by atoms with Crippen molar-refractivity contribution in [2.24, 2.45) is 0 Å². The van der Waals surface area contributed by atoms with Gasteiger partial charge in [-0.2, -0.15) is 0 Å². The lowest BCUT2D eigenvalue weighted by molar-refractivity contribution is 0.156. The molecule has 0 amide bonds. The van der Waals surface area contributed by atoms with E-state index in [1.54, 1.807) is 0 Å². The number of hydrogen-bond acceptors (Lipinski definition) is 2. The number of benzene rings is 1. The molecule has 1 aromatic carbocycles. The first-order valence-corrected chi connectivity index (χ1v) is 11.1. The highest BCUT2D eigenvalue weighted by molar-refractivity contribution is 5.39. The van der Waals surface area contributed by atoms with Crippen LogP contribution >= 0.6 is 0 Å². The molecule has 3 rings (SSSR count). The van der Waals surface area contributed by atoms with Crippen LogP contribution in [0.2, 0.25) is 0 Å². The zero-order chi connectivity index (χ0) is 22.0. The quantitative estimate of drug-likeness (QED) is 0.600. The lowest BCUT2D eigenvalue weighted by Gasteiger charge is -2.48. The van der Waals surface area contributed by atoms with Crippen molar-refractivity contribution in [3.05, 3.63) is 34.4 Å².